The number of hydrogen-bond donors (Lipinski definition) is 2. The summed E-state index contributed by atoms with van der Waals surface area (Å²) in [4.78, 5) is 25.5. The minimum Gasteiger partial charge on any atom is -0.408 e. The Morgan fingerprint density at radius 3 is 2.80 bits per heavy atom. The van der Waals surface area contributed by atoms with Gasteiger partial charge in [0, 0.05) is 6.54 Å². The van der Waals surface area contributed by atoms with Crippen LogP contribution in [-0.4, -0.2) is 17.4 Å². The molecule has 0 spiro atoms. The number of aromatic nitrogens is 1. The first kappa shape index (κ1) is 14.4. The van der Waals surface area contributed by atoms with Crippen LogP contribution < -0.4 is 11.1 Å². The van der Waals surface area contributed by atoms with Gasteiger partial charge in [0.15, 0.2) is 5.58 Å². The first-order valence-electron chi connectivity index (χ1n) is 6.72. The van der Waals surface area contributed by atoms with E-state index in [-0.39, 0.29) is 11.3 Å². The van der Waals surface area contributed by atoms with Crippen LogP contribution in [0.3, 0.4) is 0 Å². The molecule has 0 saturated heterocycles. The minimum absolute atomic E-state index is 0.0144. The normalized spacial score (nSPS) is 11.8. The highest BCUT2D eigenvalue weighted by atomic mass is 16.4. The summed E-state index contributed by atoms with van der Waals surface area (Å²) in [6.45, 7) is 7.10. The highest BCUT2D eigenvalue weighted by Gasteiger charge is 2.11. The topological polar surface area (TPSA) is 75.1 Å². The van der Waals surface area contributed by atoms with E-state index in [1.165, 1.54) is 0 Å². The molecule has 0 aliphatic heterocycles. The molecule has 0 bridgehead atoms. The Hall–Kier alpha value is -2.04. The number of hydrogen-bond acceptors (Lipinski definition) is 3. The van der Waals surface area contributed by atoms with Gasteiger partial charge in [-0.05, 0) is 29.5 Å². The first-order valence-corrected chi connectivity index (χ1v) is 6.72. The lowest BCUT2D eigenvalue weighted by atomic mass is 9.92. The molecule has 0 unspecified atom stereocenters. The first-order chi connectivity index (χ1) is 9.33. The van der Waals surface area contributed by atoms with Crippen molar-refractivity contribution in [3.05, 3.63) is 34.3 Å². The quantitative estimate of drug-likeness (QED) is 0.899. The lowest BCUT2D eigenvalue weighted by molar-refractivity contribution is -0.120. The summed E-state index contributed by atoms with van der Waals surface area (Å²) in [6.07, 6.45) is 1.24. The van der Waals surface area contributed by atoms with Gasteiger partial charge < -0.3 is 9.73 Å². The molecule has 1 aromatic carbocycles. The zero-order valence-electron chi connectivity index (χ0n) is 12.1. The van der Waals surface area contributed by atoms with Crippen molar-refractivity contribution in [2.45, 2.75) is 33.6 Å². The zero-order chi connectivity index (χ0) is 14.8. The molecular weight excluding hydrogens is 256 g/mol. The van der Waals surface area contributed by atoms with Crippen LogP contribution in [-0.2, 0) is 11.2 Å². The Balaban J connectivity index is 1.94. The molecule has 5 nitrogen and oxygen atoms in total. The molecule has 0 aliphatic carbocycles. The van der Waals surface area contributed by atoms with Gasteiger partial charge >= 0.3 is 5.76 Å². The van der Waals surface area contributed by atoms with E-state index in [1.54, 1.807) is 18.2 Å². The Morgan fingerprint density at radius 2 is 2.10 bits per heavy atom. The fourth-order valence-corrected chi connectivity index (χ4v) is 1.93. The maximum atomic E-state index is 11.8. The van der Waals surface area contributed by atoms with Gasteiger partial charge in [-0.25, -0.2) is 4.79 Å². The van der Waals surface area contributed by atoms with Crippen molar-refractivity contribution in [1.29, 1.82) is 0 Å². The van der Waals surface area contributed by atoms with E-state index in [4.69, 9.17) is 4.42 Å². The molecule has 20 heavy (non-hydrogen) atoms. The number of carbonyl (C=O) groups is 1. The van der Waals surface area contributed by atoms with Gasteiger partial charge in [0.1, 0.15) is 0 Å². The van der Waals surface area contributed by atoms with Gasteiger partial charge in [-0.1, -0.05) is 26.8 Å². The van der Waals surface area contributed by atoms with Crippen LogP contribution in [0.4, 0.5) is 0 Å². The van der Waals surface area contributed by atoms with E-state index in [0.29, 0.717) is 24.1 Å². The standard InChI is InChI=1S/C15H20N2O3/c1-15(2,3)6-7-16-13(18)9-10-4-5-12-11(8-10)17-14(19)20-12/h4-5,8H,6-7,9H2,1-3H3,(H,16,18)(H,17,19). The molecule has 2 N–H and O–H groups in total. The van der Waals surface area contributed by atoms with Crippen molar-refractivity contribution >= 4 is 17.0 Å². The lowest BCUT2D eigenvalue weighted by Gasteiger charge is -2.17. The van der Waals surface area contributed by atoms with E-state index in [1.807, 2.05) is 0 Å². The third-order valence-corrected chi connectivity index (χ3v) is 3.05. The maximum absolute atomic E-state index is 11.8. The maximum Gasteiger partial charge on any atom is 0.417 e. The second-order valence-electron chi connectivity index (χ2n) is 6.18. The van der Waals surface area contributed by atoms with Crippen molar-refractivity contribution in [2.75, 3.05) is 6.54 Å². The Morgan fingerprint density at radius 1 is 1.35 bits per heavy atom. The summed E-state index contributed by atoms with van der Waals surface area (Å²) in [5, 5.41) is 2.91. The molecule has 0 atom stereocenters. The number of aromatic amines is 1. The summed E-state index contributed by atoms with van der Waals surface area (Å²) in [6, 6.07) is 5.26. The summed E-state index contributed by atoms with van der Waals surface area (Å²) in [7, 11) is 0. The van der Waals surface area contributed by atoms with Crippen LogP contribution in [0.15, 0.2) is 27.4 Å². The number of nitrogens with one attached hydrogen (secondary N) is 2. The number of amides is 1. The van der Waals surface area contributed by atoms with Crippen LogP contribution in [0.1, 0.15) is 32.8 Å². The summed E-state index contributed by atoms with van der Waals surface area (Å²) in [5.74, 6) is -0.494. The number of carbonyl (C=O) groups excluding carboxylic acids is 1. The highest BCUT2D eigenvalue weighted by Crippen LogP contribution is 2.17. The molecule has 0 aliphatic rings. The van der Waals surface area contributed by atoms with Crippen molar-refractivity contribution in [3.8, 4) is 0 Å². The van der Waals surface area contributed by atoms with E-state index < -0.39 is 5.76 Å². The van der Waals surface area contributed by atoms with Crippen molar-refractivity contribution < 1.29 is 9.21 Å². The van der Waals surface area contributed by atoms with Gasteiger partial charge in [0.05, 0.1) is 11.9 Å². The van der Waals surface area contributed by atoms with Gasteiger partial charge in [0.2, 0.25) is 5.91 Å². The van der Waals surface area contributed by atoms with Gasteiger partial charge in [-0.2, -0.15) is 0 Å². The van der Waals surface area contributed by atoms with Crippen molar-refractivity contribution in [3.63, 3.8) is 0 Å². The van der Waals surface area contributed by atoms with Gasteiger partial charge in [-0.15, -0.1) is 0 Å². The van der Waals surface area contributed by atoms with E-state index in [2.05, 4.69) is 31.1 Å². The lowest BCUT2D eigenvalue weighted by Crippen LogP contribution is -2.28. The van der Waals surface area contributed by atoms with Crippen LogP contribution in [0.25, 0.3) is 11.1 Å². The third kappa shape index (κ3) is 3.98. The SMILES string of the molecule is CC(C)(C)CCNC(=O)Cc1ccc2oc(=O)[nH]c2c1. The monoisotopic (exact) mass is 276 g/mol. The largest absolute Gasteiger partial charge is 0.417 e. The summed E-state index contributed by atoms with van der Waals surface area (Å²) in [5.41, 5.74) is 2.19. The summed E-state index contributed by atoms with van der Waals surface area (Å²) >= 11 is 0. The molecule has 5 heteroatoms. The molecule has 1 aromatic heterocycles. The minimum atomic E-state index is -0.480. The predicted molar refractivity (Wildman–Crippen MR) is 77.6 cm³/mol. The van der Waals surface area contributed by atoms with Crippen LogP contribution >= 0.6 is 0 Å². The average Bonchev–Trinajstić information content (AvgIpc) is 2.66. The fraction of sp³-hybridized carbons (Fsp3) is 0.467. The third-order valence-electron chi connectivity index (χ3n) is 3.05. The fourth-order valence-electron chi connectivity index (χ4n) is 1.93. The van der Waals surface area contributed by atoms with Crippen molar-refractivity contribution in [2.24, 2.45) is 5.41 Å². The Labute approximate surface area is 117 Å². The molecule has 2 rings (SSSR count). The molecule has 0 saturated carbocycles. The molecule has 1 amide bonds. The van der Waals surface area contributed by atoms with Crippen LogP contribution in [0.2, 0.25) is 0 Å². The van der Waals surface area contributed by atoms with Gasteiger partial charge in [0.25, 0.3) is 0 Å². The van der Waals surface area contributed by atoms with Crippen molar-refractivity contribution in [1.82, 2.24) is 10.3 Å². The Bertz CT molecular complexity index is 662. The highest BCUT2D eigenvalue weighted by molar-refractivity contribution is 5.80. The number of rotatable bonds is 4. The number of oxazole rings is 1. The van der Waals surface area contributed by atoms with Gasteiger partial charge in [-0.3, -0.25) is 9.78 Å². The zero-order valence-corrected chi connectivity index (χ0v) is 12.1. The van der Waals surface area contributed by atoms with Crippen LogP contribution in [0, 0.1) is 5.41 Å². The smallest absolute Gasteiger partial charge is 0.408 e. The molecular formula is C15H20N2O3. The molecule has 108 valence electrons. The van der Waals surface area contributed by atoms with Crippen LogP contribution in [0.5, 0.6) is 0 Å². The van der Waals surface area contributed by atoms with E-state index in [9.17, 15) is 9.59 Å². The Kier molecular flexibility index (Phi) is 3.97. The van der Waals surface area contributed by atoms with E-state index in [0.717, 1.165) is 12.0 Å². The number of H-pyrrole nitrogens is 1. The molecule has 2 aromatic rings. The molecule has 1 heterocycles. The second-order valence-corrected chi connectivity index (χ2v) is 6.18. The van der Waals surface area contributed by atoms with E-state index >= 15 is 0 Å². The summed E-state index contributed by atoms with van der Waals surface area (Å²) < 4.78 is 4.92. The number of fused-ring (bicyclic) bond motifs is 1. The second kappa shape index (κ2) is 5.53. The molecule has 0 fully saturated rings. The molecule has 0 radical (unpaired) electrons. The predicted octanol–water partition coefficient (Wildman–Crippen LogP) is 2.22. The number of benzene rings is 1. The average molecular weight is 276 g/mol.